The Balaban J connectivity index is 1.53. The molecule has 148 valence electrons. The Morgan fingerprint density at radius 1 is 1.10 bits per heavy atom. The molecular formula is C22H22N4O3. The molecule has 1 aromatic heterocycles. The van der Waals surface area contributed by atoms with E-state index in [4.69, 9.17) is 5.73 Å². The Morgan fingerprint density at radius 3 is 2.48 bits per heavy atom. The predicted molar refractivity (Wildman–Crippen MR) is 109 cm³/mol. The Bertz CT molecular complexity index is 1120. The van der Waals surface area contributed by atoms with Crippen LogP contribution in [0, 0.1) is 0 Å². The van der Waals surface area contributed by atoms with Crippen molar-refractivity contribution in [2.75, 3.05) is 0 Å². The molecule has 1 unspecified atom stereocenters. The van der Waals surface area contributed by atoms with E-state index in [-0.39, 0.29) is 23.9 Å². The van der Waals surface area contributed by atoms with Crippen LogP contribution in [0.2, 0.25) is 0 Å². The van der Waals surface area contributed by atoms with Crippen molar-refractivity contribution in [1.29, 1.82) is 0 Å². The summed E-state index contributed by atoms with van der Waals surface area (Å²) in [5.41, 5.74) is 6.67. The number of hydrogen-bond acceptors (Lipinski definition) is 4. The molecule has 0 saturated heterocycles. The second-order valence-corrected chi connectivity index (χ2v) is 7.27. The molecule has 1 heterocycles. The zero-order chi connectivity index (χ0) is 20.4. The number of nitrogens with two attached hydrogens (primary N) is 1. The standard InChI is InChI=1S/C22H22N4O3/c23-21(28)20(14-6-2-1-3-7-14)25-19(27)13-12-18-24-17-9-5-4-8-16(17)22(29)26(18)15-10-11-15/h1-9,15,20H,10-13H2,(H2,23,28)(H,25,27). The Kier molecular flexibility index (Phi) is 5.12. The molecule has 29 heavy (non-hydrogen) atoms. The van der Waals surface area contributed by atoms with Gasteiger partial charge in [0, 0.05) is 18.9 Å². The highest BCUT2D eigenvalue weighted by Crippen LogP contribution is 2.34. The fourth-order valence-electron chi connectivity index (χ4n) is 3.50. The molecule has 3 aromatic rings. The number of nitrogens with zero attached hydrogens (tertiary/aromatic N) is 2. The second kappa shape index (κ2) is 7.87. The monoisotopic (exact) mass is 390 g/mol. The molecule has 0 aliphatic heterocycles. The molecule has 0 radical (unpaired) electrons. The summed E-state index contributed by atoms with van der Waals surface area (Å²) < 4.78 is 1.72. The van der Waals surface area contributed by atoms with E-state index in [2.05, 4.69) is 10.3 Å². The Hall–Kier alpha value is -3.48. The highest BCUT2D eigenvalue weighted by atomic mass is 16.2. The number of benzene rings is 2. The normalized spacial score (nSPS) is 14.5. The third kappa shape index (κ3) is 4.03. The van der Waals surface area contributed by atoms with E-state index in [1.807, 2.05) is 18.2 Å². The molecule has 2 aromatic carbocycles. The van der Waals surface area contributed by atoms with Gasteiger partial charge in [0.2, 0.25) is 11.8 Å². The van der Waals surface area contributed by atoms with Crippen molar-refractivity contribution in [2.45, 2.75) is 37.8 Å². The van der Waals surface area contributed by atoms with Gasteiger partial charge in [0.1, 0.15) is 11.9 Å². The van der Waals surface area contributed by atoms with E-state index in [1.54, 1.807) is 41.0 Å². The molecule has 4 rings (SSSR count). The summed E-state index contributed by atoms with van der Waals surface area (Å²) in [6, 6.07) is 15.4. The number of aryl methyl sites for hydroxylation is 1. The molecule has 1 atom stereocenters. The Labute approximate surface area is 167 Å². The first-order valence-electron chi connectivity index (χ1n) is 9.68. The number of para-hydroxylation sites is 1. The summed E-state index contributed by atoms with van der Waals surface area (Å²) in [6.07, 6.45) is 2.30. The summed E-state index contributed by atoms with van der Waals surface area (Å²) >= 11 is 0. The fourth-order valence-corrected chi connectivity index (χ4v) is 3.50. The van der Waals surface area contributed by atoms with E-state index < -0.39 is 11.9 Å². The van der Waals surface area contributed by atoms with Crippen LogP contribution in [-0.2, 0) is 16.0 Å². The van der Waals surface area contributed by atoms with Crippen LogP contribution in [0.5, 0.6) is 0 Å². The van der Waals surface area contributed by atoms with Crippen LogP contribution in [0.1, 0.15) is 42.7 Å². The lowest BCUT2D eigenvalue weighted by molar-refractivity contribution is -0.127. The molecule has 0 bridgehead atoms. The van der Waals surface area contributed by atoms with Crippen LogP contribution in [0.3, 0.4) is 0 Å². The van der Waals surface area contributed by atoms with Crippen molar-refractivity contribution in [3.8, 4) is 0 Å². The number of hydrogen-bond donors (Lipinski definition) is 2. The minimum atomic E-state index is -0.890. The van der Waals surface area contributed by atoms with E-state index in [1.165, 1.54) is 0 Å². The van der Waals surface area contributed by atoms with Gasteiger partial charge < -0.3 is 11.1 Å². The maximum atomic E-state index is 12.9. The van der Waals surface area contributed by atoms with Crippen molar-refractivity contribution >= 4 is 22.7 Å². The number of carbonyl (C=O) groups excluding carboxylic acids is 2. The molecule has 1 saturated carbocycles. The topological polar surface area (TPSA) is 107 Å². The van der Waals surface area contributed by atoms with Gasteiger partial charge in [0.25, 0.3) is 5.56 Å². The number of aromatic nitrogens is 2. The zero-order valence-corrected chi connectivity index (χ0v) is 15.9. The van der Waals surface area contributed by atoms with E-state index in [0.29, 0.717) is 28.7 Å². The van der Waals surface area contributed by atoms with Crippen molar-refractivity contribution in [3.63, 3.8) is 0 Å². The van der Waals surface area contributed by atoms with E-state index in [0.717, 1.165) is 12.8 Å². The minimum absolute atomic E-state index is 0.0622. The Morgan fingerprint density at radius 2 is 1.79 bits per heavy atom. The van der Waals surface area contributed by atoms with E-state index >= 15 is 0 Å². The smallest absolute Gasteiger partial charge is 0.261 e. The van der Waals surface area contributed by atoms with Gasteiger partial charge in [-0.1, -0.05) is 42.5 Å². The summed E-state index contributed by atoms with van der Waals surface area (Å²) in [5.74, 6) is -0.340. The first kappa shape index (κ1) is 18.9. The van der Waals surface area contributed by atoms with Gasteiger partial charge in [-0.05, 0) is 30.5 Å². The summed E-state index contributed by atoms with van der Waals surface area (Å²) in [6.45, 7) is 0. The molecule has 2 amide bonds. The van der Waals surface area contributed by atoms with E-state index in [9.17, 15) is 14.4 Å². The molecule has 7 heteroatoms. The van der Waals surface area contributed by atoms with Gasteiger partial charge in [-0.25, -0.2) is 4.98 Å². The number of nitrogens with one attached hydrogen (secondary N) is 1. The SMILES string of the molecule is NC(=O)C(NC(=O)CCc1nc2ccccc2c(=O)n1C1CC1)c1ccccc1. The number of primary amides is 1. The number of rotatable bonds is 7. The van der Waals surface area contributed by atoms with Crippen molar-refractivity contribution in [1.82, 2.24) is 14.9 Å². The summed E-state index contributed by atoms with van der Waals surface area (Å²) in [7, 11) is 0. The van der Waals surface area contributed by atoms with Gasteiger partial charge in [0.05, 0.1) is 10.9 Å². The van der Waals surface area contributed by atoms with Crippen LogP contribution in [-0.4, -0.2) is 21.4 Å². The lowest BCUT2D eigenvalue weighted by atomic mass is 10.1. The molecule has 0 spiro atoms. The first-order valence-corrected chi connectivity index (χ1v) is 9.68. The van der Waals surface area contributed by atoms with Crippen molar-refractivity contribution in [3.05, 3.63) is 76.3 Å². The maximum absolute atomic E-state index is 12.9. The van der Waals surface area contributed by atoms with Crippen LogP contribution in [0.25, 0.3) is 10.9 Å². The maximum Gasteiger partial charge on any atom is 0.261 e. The molecule has 1 aliphatic carbocycles. The van der Waals surface area contributed by atoms with Crippen molar-refractivity contribution < 1.29 is 9.59 Å². The molecular weight excluding hydrogens is 368 g/mol. The number of amides is 2. The van der Waals surface area contributed by atoms with Crippen LogP contribution < -0.4 is 16.6 Å². The largest absolute Gasteiger partial charge is 0.368 e. The van der Waals surface area contributed by atoms with Gasteiger partial charge in [0.15, 0.2) is 0 Å². The first-order chi connectivity index (χ1) is 14.0. The predicted octanol–water partition coefficient (Wildman–Crippen LogP) is 2.01. The molecule has 3 N–H and O–H groups in total. The highest BCUT2D eigenvalue weighted by Gasteiger charge is 2.28. The summed E-state index contributed by atoms with van der Waals surface area (Å²) in [4.78, 5) is 41.8. The molecule has 7 nitrogen and oxygen atoms in total. The zero-order valence-electron chi connectivity index (χ0n) is 15.9. The molecule has 1 fully saturated rings. The van der Waals surface area contributed by atoms with Crippen LogP contribution in [0.4, 0.5) is 0 Å². The highest BCUT2D eigenvalue weighted by molar-refractivity contribution is 5.87. The van der Waals surface area contributed by atoms with Gasteiger partial charge >= 0.3 is 0 Å². The second-order valence-electron chi connectivity index (χ2n) is 7.27. The van der Waals surface area contributed by atoms with Gasteiger partial charge in [-0.15, -0.1) is 0 Å². The average Bonchev–Trinajstić information content (AvgIpc) is 3.56. The van der Waals surface area contributed by atoms with Gasteiger partial charge in [-0.2, -0.15) is 0 Å². The van der Waals surface area contributed by atoms with Crippen LogP contribution in [0.15, 0.2) is 59.4 Å². The van der Waals surface area contributed by atoms with Crippen molar-refractivity contribution in [2.24, 2.45) is 5.73 Å². The number of fused-ring (bicyclic) bond motifs is 1. The third-order valence-corrected chi connectivity index (χ3v) is 5.09. The fraction of sp³-hybridized carbons (Fsp3) is 0.273. The third-order valence-electron chi connectivity index (χ3n) is 5.09. The summed E-state index contributed by atoms with van der Waals surface area (Å²) in [5, 5.41) is 3.28. The lowest BCUT2D eigenvalue weighted by Crippen LogP contribution is -2.37. The lowest BCUT2D eigenvalue weighted by Gasteiger charge is -2.16. The quantitative estimate of drug-likeness (QED) is 0.643. The average molecular weight is 390 g/mol. The van der Waals surface area contributed by atoms with Crippen LogP contribution >= 0.6 is 0 Å². The molecule has 1 aliphatic rings. The number of carbonyl (C=O) groups is 2. The minimum Gasteiger partial charge on any atom is -0.368 e. The van der Waals surface area contributed by atoms with Gasteiger partial charge in [-0.3, -0.25) is 19.0 Å².